The topological polar surface area (TPSA) is 59.0 Å². The fourth-order valence-corrected chi connectivity index (χ4v) is 3.43. The van der Waals surface area contributed by atoms with Gasteiger partial charge in [-0.05, 0) is 34.9 Å². The first kappa shape index (κ1) is 16.8. The van der Waals surface area contributed by atoms with Crippen molar-refractivity contribution in [3.8, 4) is 5.75 Å². The molecule has 0 spiro atoms. The van der Waals surface area contributed by atoms with E-state index >= 15 is 0 Å². The first-order chi connectivity index (χ1) is 12.7. The Morgan fingerprint density at radius 2 is 1.92 bits per heavy atom. The number of hydrogen-bond acceptors (Lipinski definition) is 4. The minimum Gasteiger partial charge on any atom is -0.488 e. The molecular weight excluding hydrogens is 330 g/mol. The van der Waals surface area contributed by atoms with Gasteiger partial charge >= 0.3 is 5.97 Å². The van der Waals surface area contributed by atoms with Crippen LogP contribution in [0.3, 0.4) is 0 Å². The minimum atomic E-state index is -0.933. The number of carbonyl (C=O) groups is 1. The van der Waals surface area contributed by atoms with Crippen LogP contribution in [0.1, 0.15) is 27.0 Å². The summed E-state index contributed by atoms with van der Waals surface area (Å²) in [7, 11) is 0. The Hall–Kier alpha value is -2.63. The molecule has 1 fully saturated rings. The zero-order valence-corrected chi connectivity index (χ0v) is 14.5. The van der Waals surface area contributed by atoms with Crippen LogP contribution in [-0.2, 0) is 11.3 Å². The van der Waals surface area contributed by atoms with E-state index in [0.717, 1.165) is 60.9 Å². The summed E-state index contributed by atoms with van der Waals surface area (Å²) >= 11 is 0. The predicted octanol–water partition coefficient (Wildman–Crippen LogP) is 3.04. The summed E-state index contributed by atoms with van der Waals surface area (Å²) in [6.07, 6.45) is 2.18. The van der Waals surface area contributed by atoms with Gasteiger partial charge in [0.05, 0.1) is 18.8 Å². The normalized spacial score (nSPS) is 18.5. The van der Waals surface area contributed by atoms with Crippen LogP contribution in [0.2, 0.25) is 0 Å². The number of aromatic carboxylic acids is 1. The van der Waals surface area contributed by atoms with Crippen molar-refractivity contribution in [2.24, 2.45) is 0 Å². The first-order valence-corrected chi connectivity index (χ1v) is 8.81. The minimum absolute atomic E-state index is 0.268. The summed E-state index contributed by atoms with van der Waals surface area (Å²) in [6.45, 7) is 4.59. The number of rotatable bonds is 3. The average Bonchev–Trinajstić information content (AvgIpc) is 2.83. The summed E-state index contributed by atoms with van der Waals surface area (Å²) in [5, 5.41) is 9.39. The maximum absolute atomic E-state index is 11.4. The smallest absolute Gasteiger partial charge is 0.335 e. The van der Waals surface area contributed by atoms with Crippen LogP contribution >= 0.6 is 0 Å². The third kappa shape index (κ3) is 3.36. The van der Waals surface area contributed by atoms with Gasteiger partial charge in [0.2, 0.25) is 0 Å². The SMILES string of the molecule is O=C(O)c1ccc2c(c1)/C(=C\CN1CCOCC1)c1ccccc1CO2. The van der Waals surface area contributed by atoms with Gasteiger partial charge < -0.3 is 14.6 Å². The molecular formula is C21H21NO4. The maximum atomic E-state index is 11.4. The molecule has 2 aliphatic heterocycles. The highest BCUT2D eigenvalue weighted by Crippen LogP contribution is 2.37. The molecule has 134 valence electrons. The first-order valence-electron chi connectivity index (χ1n) is 8.81. The van der Waals surface area contributed by atoms with Crippen molar-refractivity contribution in [2.45, 2.75) is 6.61 Å². The summed E-state index contributed by atoms with van der Waals surface area (Å²) in [5.74, 6) is -0.211. The fourth-order valence-electron chi connectivity index (χ4n) is 3.43. The van der Waals surface area contributed by atoms with E-state index in [1.807, 2.05) is 12.1 Å². The third-order valence-corrected chi connectivity index (χ3v) is 4.86. The van der Waals surface area contributed by atoms with Crippen molar-refractivity contribution in [1.29, 1.82) is 0 Å². The zero-order valence-electron chi connectivity index (χ0n) is 14.5. The van der Waals surface area contributed by atoms with E-state index < -0.39 is 5.97 Å². The van der Waals surface area contributed by atoms with E-state index in [4.69, 9.17) is 9.47 Å². The van der Waals surface area contributed by atoms with Gasteiger partial charge in [-0.25, -0.2) is 4.79 Å². The summed E-state index contributed by atoms with van der Waals surface area (Å²) in [5.41, 5.74) is 4.34. The number of hydrogen-bond donors (Lipinski definition) is 1. The van der Waals surface area contributed by atoms with Gasteiger partial charge in [-0.15, -0.1) is 0 Å². The standard InChI is InChI=1S/C21H21NO4/c23-21(24)15-5-6-20-19(13-15)18(7-8-22-9-11-25-12-10-22)17-4-2-1-3-16(17)14-26-20/h1-7,13H,8-12,14H2,(H,23,24)/b18-7-. The van der Waals surface area contributed by atoms with E-state index in [-0.39, 0.29) is 5.56 Å². The molecule has 0 amide bonds. The molecule has 0 aliphatic carbocycles. The second-order valence-corrected chi connectivity index (χ2v) is 6.49. The maximum Gasteiger partial charge on any atom is 0.335 e. The highest BCUT2D eigenvalue weighted by molar-refractivity contribution is 5.92. The third-order valence-electron chi connectivity index (χ3n) is 4.86. The highest BCUT2D eigenvalue weighted by Gasteiger charge is 2.21. The number of nitrogens with zero attached hydrogens (tertiary/aromatic N) is 1. The molecule has 0 saturated carbocycles. The number of ether oxygens (including phenoxy) is 2. The van der Waals surface area contributed by atoms with Crippen LogP contribution in [0.4, 0.5) is 0 Å². The predicted molar refractivity (Wildman–Crippen MR) is 98.5 cm³/mol. The van der Waals surface area contributed by atoms with Crippen LogP contribution in [0, 0.1) is 0 Å². The van der Waals surface area contributed by atoms with E-state index in [9.17, 15) is 9.90 Å². The van der Waals surface area contributed by atoms with Crippen LogP contribution in [-0.4, -0.2) is 48.8 Å². The largest absolute Gasteiger partial charge is 0.488 e. The monoisotopic (exact) mass is 351 g/mol. The van der Waals surface area contributed by atoms with Gasteiger partial charge in [0.15, 0.2) is 0 Å². The molecule has 5 heteroatoms. The number of carboxylic acid groups (broad SMARTS) is 1. The van der Waals surface area contributed by atoms with Gasteiger partial charge in [0.1, 0.15) is 12.4 Å². The molecule has 2 heterocycles. The quantitative estimate of drug-likeness (QED) is 0.921. The molecule has 2 aliphatic rings. The van der Waals surface area contributed by atoms with Crippen molar-refractivity contribution >= 4 is 11.5 Å². The van der Waals surface area contributed by atoms with Gasteiger partial charge in [-0.1, -0.05) is 30.3 Å². The lowest BCUT2D eigenvalue weighted by molar-refractivity contribution is 0.0435. The van der Waals surface area contributed by atoms with Gasteiger partial charge in [-0.3, -0.25) is 4.90 Å². The zero-order chi connectivity index (χ0) is 17.9. The highest BCUT2D eigenvalue weighted by atomic mass is 16.5. The fraction of sp³-hybridized carbons (Fsp3) is 0.286. The second kappa shape index (κ2) is 7.32. The van der Waals surface area contributed by atoms with E-state index in [0.29, 0.717) is 6.61 Å². The molecule has 1 saturated heterocycles. The molecule has 2 aromatic carbocycles. The van der Waals surface area contributed by atoms with Crippen molar-refractivity contribution < 1.29 is 19.4 Å². The Labute approximate surface area is 152 Å². The van der Waals surface area contributed by atoms with Crippen LogP contribution in [0.15, 0.2) is 48.5 Å². The van der Waals surface area contributed by atoms with E-state index in [2.05, 4.69) is 23.1 Å². The Kier molecular flexibility index (Phi) is 4.73. The van der Waals surface area contributed by atoms with Crippen molar-refractivity contribution in [2.75, 3.05) is 32.8 Å². The molecule has 4 rings (SSSR count). The molecule has 1 N–H and O–H groups in total. The number of carboxylic acids is 1. The van der Waals surface area contributed by atoms with Crippen LogP contribution in [0.25, 0.3) is 5.57 Å². The van der Waals surface area contributed by atoms with Crippen molar-refractivity contribution in [3.05, 3.63) is 70.8 Å². The Balaban J connectivity index is 1.79. The Morgan fingerprint density at radius 3 is 2.73 bits per heavy atom. The molecule has 0 unspecified atom stereocenters. The lowest BCUT2D eigenvalue weighted by atomic mass is 9.93. The summed E-state index contributed by atoms with van der Waals surface area (Å²) in [4.78, 5) is 13.8. The van der Waals surface area contributed by atoms with Gasteiger partial charge in [-0.2, -0.15) is 0 Å². The van der Waals surface area contributed by atoms with Crippen LogP contribution < -0.4 is 4.74 Å². The lowest BCUT2D eigenvalue weighted by Crippen LogP contribution is -2.36. The summed E-state index contributed by atoms with van der Waals surface area (Å²) in [6, 6.07) is 13.2. The van der Waals surface area contributed by atoms with Crippen molar-refractivity contribution in [3.63, 3.8) is 0 Å². The molecule has 5 nitrogen and oxygen atoms in total. The Bertz CT molecular complexity index is 853. The number of morpholine rings is 1. The number of fused-ring (bicyclic) bond motifs is 2. The van der Waals surface area contributed by atoms with E-state index in [1.54, 1.807) is 18.2 Å². The van der Waals surface area contributed by atoms with Crippen LogP contribution in [0.5, 0.6) is 5.75 Å². The molecule has 0 atom stereocenters. The summed E-state index contributed by atoms with van der Waals surface area (Å²) < 4.78 is 11.4. The average molecular weight is 351 g/mol. The van der Waals surface area contributed by atoms with Gasteiger partial charge in [0.25, 0.3) is 0 Å². The molecule has 0 aromatic heterocycles. The Morgan fingerprint density at radius 1 is 1.12 bits per heavy atom. The molecule has 26 heavy (non-hydrogen) atoms. The van der Waals surface area contributed by atoms with E-state index in [1.165, 1.54) is 0 Å². The number of benzene rings is 2. The van der Waals surface area contributed by atoms with Crippen molar-refractivity contribution in [1.82, 2.24) is 4.90 Å². The molecule has 0 radical (unpaired) electrons. The molecule has 2 aromatic rings. The molecule has 0 bridgehead atoms. The second-order valence-electron chi connectivity index (χ2n) is 6.49. The lowest BCUT2D eigenvalue weighted by Gasteiger charge is -2.25. The van der Waals surface area contributed by atoms with Gasteiger partial charge in [0, 0.05) is 25.2 Å².